The Kier molecular flexibility index (Phi) is 42.9. The molecule has 0 aliphatic carbocycles. The fourth-order valence-electron chi connectivity index (χ4n) is 9.17. The summed E-state index contributed by atoms with van der Waals surface area (Å²) in [5, 5.41) is 32.7. The molecule has 21 N–H and O–H groups in total. The first-order valence-electron chi connectivity index (χ1n) is 30.1. The van der Waals surface area contributed by atoms with E-state index in [1.54, 1.807) is 0 Å². The van der Waals surface area contributed by atoms with Gasteiger partial charge in [0.2, 0.25) is 47.3 Å². The standard InChI is InChI=1S/C56H107N15O9/c1-2-3-4-5-6-7-8-9-10-11-12-13-14-26-41(72)39-48(73)65-40-49(74)66-43(32-25-38-64-56(61)62)51(76)68-47-31-19-24-37-63-50(75)42(27-15-20-33-57)67-52(77)44(28-16-21-34-58)69-53(78)45(29-17-22-35-59)70-54(79)46(71-55(47)80)30-18-23-36-60/h7-8,41-47,72H,2-6,9-40,57-60H2,1H3,(H,63,75)(H,65,73)(H,66,74)(H,67,77)(H,68,76)(H,69,78)(H,70,79)(H,71,80)(H4,61,62,64). The molecule has 0 spiro atoms. The van der Waals surface area contributed by atoms with Crippen molar-refractivity contribution in [3.8, 4) is 0 Å². The van der Waals surface area contributed by atoms with E-state index in [1.807, 2.05) is 0 Å². The van der Waals surface area contributed by atoms with E-state index >= 15 is 0 Å². The highest BCUT2D eigenvalue weighted by molar-refractivity contribution is 5.97. The first-order chi connectivity index (χ1) is 38.6. The van der Waals surface area contributed by atoms with Gasteiger partial charge in [-0.05, 0) is 167 Å². The number of hydrogen-bond acceptors (Lipinski definition) is 14. The van der Waals surface area contributed by atoms with Crippen LogP contribution < -0.4 is 76.9 Å². The maximum atomic E-state index is 14.4. The summed E-state index contributed by atoms with van der Waals surface area (Å²) in [7, 11) is 0. The number of aliphatic hydroxyl groups is 1. The van der Waals surface area contributed by atoms with Crippen LogP contribution in [0.25, 0.3) is 0 Å². The molecule has 24 nitrogen and oxygen atoms in total. The van der Waals surface area contributed by atoms with Gasteiger partial charge in [0.25, 0.3) is 0 Å². The average Bonchev–Trinajstić information content (AvgIpc) is 3.44. The van der Waals surface area contributed by atoms with Crippen molar-refractivity contribution < 1.29 is 43.5 Å². The van der Waals surface area contributed by atoms with Gasteiger partial charge >= 0.3 is 0 Å². The van der Waals surface area contributed by atoms with Gasteiger partial charge in [-0.1, -0.05) is 64.0 Å². The normalized spacial score (nSPS) is 19.7. The molecule has 0 bridgehead atoms. The van der Waals surface area contributed by atoms with Crippen molar-refractivity contribution in [2.45, 2.75) is 242 Å². The maximum Gasteiger partial charge on any atom is 0.243 e. The second-order valence-corrected chi connectivity index (χ2v) is 21.1. The van der Waals surface area contributed by atoms with Gasteiger partial charge in [0.15, 0.2) is 5.96 Å². The van der Waals surface area contributed by atoms with E-state index in [1.165, 1.54) is 25.7 Å². The van der Waals surface area contributed by atoms with Gasteiger partial charge in [-0.25, -0.2) is 0 Å². The van der Waals surface area contributed by atoms with Crippen molar-refractivity contribution in [2.75, 3.05) is 45.8 Å². The minimum Gasteiger partial charge on any atom is -0.393 e. The molecule has 1 saturated heterocycles. The number of nitrogens with two attached hydrogens (primary N) is 6. The van der Waals surface area contributed by atoms with Gasteiger partial charge < -0.3 is 82.0 Å². The zero-order valence-electron chi connectivity index (χ0n) is 48.5. The molecule has 7 unspecified atom stereocenters. The molecule has 24 heteroatoms. The van der Waals surface area contributed by atoms with E-state index in [2.05, 4.69) is 66.6 Å². The third-order valence-corrected chi connectivity index (χ3v) is 13.9. The highest BCUT2D eigenvalue weighted by atomic mass is 16.3. The van der Waals surface area contributed by atoms with Gasteiger partial charge in [-0.15, -0.1) is 0 Å². The quantitative estimate of drug-likeness (QED) is 0.0175. The molecule has 0 radical (unpaired) electrons. The number of amides is 8. The van der Waals surface area contributed by atoms with Crippen molar-refractivity contribution in [3.63, 3.8) is 0 Å². The Balaban J connectivity index is 3.34. The summed E-state index contributed by atoms with van der Waals surface area (Å²) in [6.45, 7) is 3.33. The van der Waals surface area contributed by atoms with Gasteiger partial charge in [0, 0.05) is 13.1 Å². The molecular formula is C56H107N15O9. The lowest BCUT2D eigenvalue weighted by Crippen LogP contribution is -2.59. The number of hydrogen-bond donors (Lipinski definition) is 15. The first kappa shape index (κ1) is 72.6. The van der Waals surface area contributed by atoms with E-state index in [0.29, 0.717) is 90.4 Å². The highest BCUT2D eigenvalue weighted by Gasteiger charge is 2.33. The number of aliphatic hydroxyl groups excluding tert-OH is 1. The van der Waals surface area contributed by atoms with E-state index in [0.717, 1.165) is 44.9 Å². The molecule has 0 aromatic rings. The van der Waals surface area contributed by atoms with Crippen LogP contribution in [0.4, 0.5) is 0 Å². The molecule has 1 rings (SSSR count). The Labute approximate surface area is 477 Å². The average molecular weight is 1130 g/mol. The Morgan fingerprint density at radius 1 is 0.588 bits per heavy atom. The molecule has 1 aliphatic heterocycles. The molecule has 0 aromatic carbocycles. The van der Waals surface area contributed by atoms with Crippen LogP contribution in [0.5, 0.6) is 0 Å². The van der Waals surface area contributed by atoms with Crippen molar-refractivity contribution in [2.24, 2.45) is 39.4 Å². The number of carbonyl (C=O) groups excluding carboxylic acids is 8. The number of allylic oxidation sites excluding steroid dienone is 2. The summed E-state index contributed by atoms with van der Waals surface area (Å²) < 4.78 is 0. The Morgan fingerprint density at radius 2 is 1.06 bits per heavy atom. The second-order valence-electron chi connectivity index (χ2n) is 21.1. The predicted molar refractivity (Wildman–Crippen MR) is 314 cm³/mol. The summed E-state index contributed by atoms with van der Waals surface area (Å²) in [5.41, 5.74) is 34.2. The van der Waals surface area contributed by atoms with Crippen molar-refractivity contribution in [1.82, 2.24) is 42.5 Å². The topological polar surface area (TPSA) is 422 Å². The SMILES string of the molecule is CCCCCCC=CCCCCCCCC(O)CC(=O)NCC(=O)NC(CCCN=C(N)N)C(=O)NC1CCCCNC(=O)C(CCCCN)NC(=O)C(CCCCN)NC(=O)C(CCCCN)NC(=O)C(CCCCN)NC1=O. The van der Waals surface area contributed by atoms with Crippen LogP contribution in [0, 0.1) is 0 Å². The van der Waals surface area contributed by atoms with Gasteiger partial charge in [-0.2, -0.15) is 0 Å². The molecule has 1 aliphatic rings. The minimum absolute atomic E-state index is 0.0196. The van der Waals surface area contributed by atoms with Crippen LogP contribution in [0.15, 0.2) is 17.1 Å². The third kappa shape index (κ3) is 36.0. The fraction of sp³-hybridized carbons (Fsp3) is 0.804. The Bertz CT molecular complexity index is 1820. The van der Waals surface area contributed by atoms with Crippen LogP contribution >= 0.6 is 0 Å². The highest BCUT2D eigenvalue weighted by Crippen LogP contribution is 2.14. The van der Waals surface area contributed by atoms with Gasteiger partial charge in [0.05, 0.1) is 19.1 Å². The number of nitrogens with one attached hydrogen (secondary N) is 8. The monoisotopic (exact) mass is 1130 g/mol. The van der Waals surface area contributed by atoms with Crippen molar-refractivity contribution in [1.29, 1.82) is 0 Å². The van der Waals surface area contributed by atoms with Crippen LogP contribution in [0.1, 0.15) is 200 Å². The summed E-state index contributed by atoms with van der Waals surface area (Å²) in [6, 6.07) is -6.89. The summed E-state index contributed by atoms with van der Waals surface area (Å²) in [4.78, 5) is 115. The Hall–Kier alpha value is -5.43. The van der Waals surface area contributed by atoms with E-state index in [9.17, 15) is 43.5 Å². The van der Waals surface area contributed by atoms with Crippen LogP contribution in [0.3, 0.4) is 0 Å². The first-order valence-corrected chi connectivity index (χ1v) is 30.1. The fourth-order valence-corrected chi connectivity index (χ4v) is 9.17. The number of aliphatic imine (C=N–C) groups is 1. The van der Waals surface area contributed by atoms with Crippen LogP contribution in [0.2, 0.25) is 0 Å². The molecule has 80 heavy (non-hydrogen) atoms. The molecule has 7 atom stereocenters. The minimum atomic E-state index is -1.27. The van der Waals surface area contributed by atoms with E-state index < -0.39 is 96.2 Å². The lowest BCUT2D eigenvalue weighted by Gasteiger charge is -2.28. The van der Waals surface area contributed by atoms with Crippen molar-refractivity contribution in [3.05, 3.63) is 12.2 Å². The Morgan fingerprint density at radius 3 is 1.56 bits per heavy atom. The number of rotatable bonds is 40. The van der Waals surface area contributed by atoms with E-state index in [4.69, 9.17) is 34.4 Å². The molecule has 0 aromatic heterocycles. The molecule has 1 fully saturated rings. The lowest BCUT2D eigenvalue weighted by atomic mass is 10.0. The third-order valence-electron chi connectivity index (χ3n) is 13.9. The zero-order chi connectivity index (χ0) is 59.2. The summed E-state index contributed by atoms with van der Waals surface area (Å²) >= 11 is 0. The molecule has 1 heterocycles. The van der Waals surface area contributed by atoms with Gasteiger partial charge in [-0.3, -0.25) is 43.3 Å². The molecule has 0 saturated carbocycles. The van der Waals surface area contributed by atoms with Crippen LogP contribution in [-0.4, -0.2) is 146 Å². The molecule has 460 valence electrons. The number of nitrogens with zero attached hydrogens (tertiary/aromatic N) is 1. The van der Waals surface area contributed by atoms with Gasteiger partial charge in [0.1, 0.15) is 36.3 Å². The smallest absolute Gasteiger partial charge is 0.243 e. The number of guanidine groups is 1. The van der Waals surface area contributed by atoms with Crippen LogP contribution in [-0.2, 0) is 38.4 Å². The number of carbonyl (C=O) groups is 8. The summed E-state index contributed by atoms with van der Waals surface area (Å²) in [5.74, 6) is -5.23. The maximum absolute atomic E-state index is 14.4. The predicted octanol–water partition coefficient (Wildman–Crippen LogP) is 0.889. The zero-order valence-corrected chi connectivity index (χ0v) is 48.5. The molecule has 8 amide bonds. The summed E-state index contributed by atoms with van der Waals surface area (Å²) in [6.07, 6.45) is 21.8. The number of unbranched alkanes of at least 4 members (excludes halogenated alkanes) is 13. The lowest BCUT2D eigenvalue weighted by molar-refractivity contribution is -0.135. The van der Waals surface area contributed by atoms with Crippen molar-refractivity contribution >= 4 is 53.2 Å². The largest absolute Gasteiger partial charge is 0.393 e. The second kappa shape index (κ2) is 47.2. The molecular weight excluding hydrogens is 1030 g/mol. The van der Waals surface area contributed by atoms with E-state index in [-0.39, 0.29) is 76.8 Å².